The number of benzene rings is 1. The van der Waals surface area contributed by atoms with Crippen molar-refractivity contribution in [3.8, 4) is 5.75 Å². The number of ether oxygens (including phenoxy) is 1. The predicted octanol–water partition coefficient (Wildman–Crippen LogP) is 0.172. The lowest BCUT2D eigenvalue weighted by atomic mass is 10.3. The third-order valence-electron chi connectivity index (χ3n) is 1.78. The van der Waals surface area contributed by atoms with E-state index in [1.807, 2.05) is 0 Å². The first kappa shape index (κ1) is 11.5. The number of carbonyl (C=O) groups is 1. The van der Waals surface area contributed by atoms with Gasteiger partial charge in [-0.15, -0.1) is 0 Å². The van der Waals surface area contributed by atoms with Crippen LogP contribution in [0.4, 0.5) is 0 Å². The Hall–Kier alpha value is -1.56. The molecular weight excluding hydrogens is 218 g/mol. The molecule has 82 valence electrons. The monoisotopic (exact) mass is 229 g/mol. The van der Waals surface area contributed by atoms with Gasteiger partial charge < -0.3 is 10.1 Å². The molecule has 0 bridgehead atoms. The van der Waals surface area contributed by atoms with Gasteiger partial charge in [-0.2, -0.15) is 0 Å². The van der Waals surface area contributed by atoms with Crippen LogP contribution in [-0.4, -0.2) is 27.8 Å². The molecule has 1 amide bonds. The number of methoxy groups -OCH3 is 1. The average molecular weight is 229 g/mol. The van der Waals surface area contributed by atoms with E-state index in [4.69, 9.17) is 4.74 Å². The fourth-order valence-electron chi connectivity index (χ4n) is 1.01. The van der Waals surface area contributed by atoms with E-state index in [9.17, 15) is 13.2 Å². The molecule has 1 aromatic rings. The largest absolute Gasteiger partial charge is 0.497 e. The molecule has 0 spiro atoms. The highest BCUT2D eigenvalue weighted by Gasteiger charge is 2.13. The van der Waals surface area contributed by atoms with Gasteiger partial charge >= 0.3 is 0 Å². The highest BCUT2D eigenvalue weighted by molar-refractivity contribution is 7.91. The lowest BCUT2D eigenvalue weighted by molar-refractivity contribution is -0.109. The maximum absolute atomic E-state index is 11.5. The first-order valence-electron chi connectivity index (χ1n) is 4.14. The van der Waals surface area contributed by atoms with E-state index in [1.165, 1.54) is 19.2 Å². The van der Waals surface area contributed by atoms with Crippen molar-refractivity contribution in [2.45, 2.75) is 4.90 Å². The summed E-state index contributed by atoms with van der Waals surface area (Å²) in [7, 11) is -1.95. The average Bonchev–Trinajstić information content (AvgIpc) is 2.26. The number of hydrogen-bond donors (Lipinski definition) is 1. The standard InChI is InChI=1S/C9H11NO4S/c1-14-8-2-4-9(5-3-8)15(12,13)7-10-6-11/h2-6H,7H2,1H3,(H,10,11). The van der Waals surface area contributed by atoms with E-state index >= 15 is 0 Å². The predicted molar refractivity (Wildman–Crippen MR) is 54.2 cm³/mol. The fourth-order valence-corrected chi connectivity index (χ4v) is 2.02. The Morgan fingerprint density at radius 1 is 1.33 bits per heavy atom. The van der Waals surface area contributed by atoms with Crippen molar-refractivity contribution in [1.29, 1.82) is 0 Å². The Kier molecular flexibility index (Phi) is 3.68. The summed E-state index contributed by atoms with van der Waals surface area (Å²) in [4.78, 5) is 10.1. The zero-order valence-corrected chi connectivity index (χ0v) is 8.95. The molecule has 0 aromatic heterocycles. The van der Waals surface area contributed by atoms with Gasteiger partial charge in [-0.1, -0.05) is 0 Å². The molecule has 0 unspecified atom stereocenters. The van der Waals surface area contributed by atoms with Crippen LogP contribution in [0, 0.1) is 0 Å². The van der Waals surface area contributed by atoms with Crippen LogP contribution in [0.1, 0.15) is 0 Å². The van der Waals surface area contributed by atoms with Crippen molar-refractivity contribution >= 4 is 16.2 Å². The van der Waals surface area contributed by atoms with Gasteiger partial charge in [0.1, 0.15) is 11.6 Å². The van der Waals surface area contributed by atoms with Crippen molar-refractivity contribution in [3.63, 3.8) is 0 Å². The van der Waals surface area contributed by atoms with Crippen molar-refractivity contribution in [2.24, 2.45) is 0 Å². The quantitative estimate of drug-likeness (QED) is 0.731. The van der Waals surface area contributed by atoms with Crippen molar-refractivity contribution in [2.75, 3.05) is 13.0 Å². The van der Waals surface area contributed by atoms with Crippen LogP contribution < -0.4 is 10.1 Å². The number of carbonyl (C=O) groups excluding carboxylic acids is 1. The molecule has 1 aromatic carbocycles. The maximum atomic E-state index is 11.5. The molecular formula is C9H11NO4S. The summed E-state index contributed by atoms with van der Waals surface area (Å²) < 4.78 is 28.0. The molecule has 6 heteroatoms. The highest BCUT2D eigenvalue weighted by atomic mass is 32.2. The van der Waals surface area contributed by atoms with E-state index in [2.05, 4.69) is 5.32 Å². The molecule has 0 heterocycles. The molecule has 0 saturated heterocycles. The van der Waals surface area contributed by atoms with Gasteiger partial charge in [0.15, 0.2) is 9.84 Å². The summed E-state index contributed by atoms with van der Waals surface area (Å²) >= 11 is 0. The summed E-state index contributed by atoms with van der Waals surface area (Å²) in [5.41, 5.74) is 0. The van der Waals surface area contributed by atoms with Gasteiger partial charge in [0.2, 0.25) is 6.41 Å². The number of hydrogen-bond acceptors (Lipinski definition) is 4. The Morgan fingerprint density at radius 3 is 2.40 bits per heavy atom. The topological polar surface area (TPSA) is 72.5 Å². The van der Waals surface area contributed by atoms with E-state index < -0.39 is 15.7 Å². The maximum Gasteiger partial charge on any atom is 0.207 e. The second kappa shape index (κ2) is 4.79. The molecule has 0 radical (unpaired) electrons. The molecule has 1 N–H and O–H groups in total. The molecule has 0 atom stereocenters. The van der Waals surface area contributed by atoms with Gasteiger partial charge in [0.05, 0.1) is 12.0 Å². The van der Waals surface area contributed by atoms with Crippen LogP contribution in [0.15, 0.2) is 29.2 Å². The fraction of sp³-hybridized carbons (Fsp3) is 0.222. The lowest BCUT2D eigenvalue weighted by Gasteiger charge is -2.04. The Balaban J connectivity index is 2.90. The minimum Gasteiger partial charge on any atom is -0.497 e. The molecule has 5 nitrogen and oxygen atoms in total. The Bertz CT molecular complexity index is 424. The summed E-state index contributed by atoms with van der Waals surface area (Å²) in [6.45, 7) is 0. The molecule has 0 aliphatic rings. The molecule has 0 fully saturated rings. The van der Waals surface area contributed by atoms with Gasteiger partial charge in [-0.25, -0.2) is 8.42 Å². The van der Waals surface area contributed by atoms with Crippen molar-refractivity contribution in [1.82, 2.24) is 5.32 Å². The van der Waals surface area contributed by atoms with Gasteiger partial charge in [-0.3, -0.25) is 4.79 Å². The third kappa shape index (κ3) is 2.95. The lowest BCUT2D eigenvalue weighted by Crippen LogP contribution is -2.21. The molecule has 0 saturated carbocycles. The molecule has 1 rings (SSSR count). The van der Waals surface area contributed by atoms with Crippen LogP contribution in [0.25, 0.3) is 0 Å². The third-order valence-corrected chi connectivity index (χ3v) is 3.31. The van der Waals surface area contributed by atoms with Crippen LogP contribution in [0.2, 0.25) is 0 Å². The summed E-state index contributed by atoms with van der Waals surface area (Å²) in [5, 5.41) is 2.12. The number of amides is 1. The zero-order chi connectivity index (χ0) is 11.3. The number of sulfone groups is 1. The first-order chi connectivity index (χ1) is 7.10. The van der Waals surface area contributed by atoms with Gasteiger partial charge in [0.25, 0.3) is 0 Å². The normalized spacial score (nSPS) is 10.7. The number of rotatable bonds is 5. The SMILES string of the molecule is COc1ccc(S(=O)(=O)CNC=O)cc1. The van der Waals surface area contributed by atoms with Gasteiger partial charge in [0, 0.05) is 0 Å². The first-order valence-corrected chi connectivity index (χ1v) is 5.79. The Labute approximate surface area is 88.0 Å². The van der Waals surface area contributed by atoms with Crippen LogP contribution in [-0.2, 0) is 14.6 Å². The van der Waals surface area contributed by atoms with E-state index in [0.717, 1.165) is 0 Å². The summed E-state index contributed by atoms with van der Waals surface area (Å²) in [5.74, 6) is 0.181. The second-order valence-corrected chi connectivity index (χ2v) is 4.75. The number of nitrogens with one attached hydrogen (secondary N) is 1. The van der Waals surface area contributed by atoms with E-state index in [-0.39, 0.29) is 4.90 Å². The molecule has 0 aliphatic carbocycles. The van der Waals surface area contributed by atoms with Crippen LogP contribution in [0.3, 0.4) is 0 Å². The smallest absolute Gasteiger partial charge is 0.207 e. The second-order valence-electron chi connectivity index (χ2n) is 2.76. The van der Waals surface area contributed by atoms with Crippen molar-refractivity contribution in [3.05, 3.63) is 24.3 Å². The Morgan fingerprint density at radius 2 is 1.93 bits per heavy atom. The summed E-state index contributed by atoms with van der Waals surface area (Å²) in [6, 6.07) is 5.96. The zero-order valence-electron chi connectivity index (χ0n) is 8.14. The van der Waals surface area contributed by atoms with E-state index in [0.29, 0.717) is 12.2 Å². The summed E-state index contributed by atoms with van der Waals surface area (Å²) in [6.07, 6.45) is 0.348. The van der Waals surface area contributed by atoms with Crippen LogP contribution in [0.5, 0.6) is 5.75 Å². The van der Waals surface area contributed by atoms with Crippen molar-refractivity contribution < 1.29 is 17.9 Å². The van der Waals surface area contributed by atoms with Crippen LogP contribution >= 0.6 is 0 Å². The minimum absolute atomic E-state index is 0.151. The molecule has 15 heavy (non-hydrogen) atoms. The highest BCUT2D eigenvalue weighted by Crippen LogP contribution is 2.15. The minimum atomic E-state index is -3.45. The van der Waals surface area contributed by atoms with E-state index in [1.54, 1.807) is 12.1 Å². The molecule has 0 aliphatic heterocycles. The van der Waals surface area contributed by atoms with Gasteiger partial charge in [-0.05, 0) is 24.3 Å².